The van der Waals surface area contributed by atoms with Gasteiger partial charge < -0.3 is 5.32 Å². The first kappa shape index (κ1) is 27.6. The van der Waals surface area contributed by atoms with Crippen LogP contribution in [0.3, 0.4) is 0 Å². The lowest BCUT2D eigenvalue weighted by Gasteiger charge is -2.19. The molecule has 40 heavy (non-hydrogen) atoms. The summed E-state index contributed by atoms with van der Waals surface area (Å²) in [4.78, 5) is 43.8. The Morgan fingerprint density at radius 1 is 1.05 bits per heavy atom. The Balaban J connectivity index is 1.59. The molecule has 5 rings (SSSR count). The molecule has 1 N–H and O–H groups in total. The van der Waals surface area contributed by atoms with E-state index in [9.17, 15) is 22.0 Å². The fourth-order valence-corrected chi connectivity index (χ4v) is 5.06. The fourth-order valence-electron chi connectivity index (χ4n) is 4.30. The normalized spacial score (nSPS) is 14.6. The number of nitrogens with one attached hydrogen (secondary N) is 1. The van der Waals surface area contributed by atoms with Gasteiger partial charge in [0.05, 0.1) is 41.0 Å². The Kier molecular flexibility index (Phi) is 7.25. The maximum atomic E-state index is 14.0. The molecule has 0 amide bonds. The zero-order chi connectivity index (χ0) is 28.8. The van der Waals surface area contributed by atoms with Gasteiger partial charge in [-0.3, -0.25) is 9.36 Å². The van der Waals surface area contributed by atoms with Crippen LogP contribution in [0, 0.1) is 13.8 Å². The molecule has 0 unspecified atom stereocenters. The predicted octanol–water partition coefficient (Wildman–Crippen LogP) is 3.16. The molecule has 4 aromatic heterocycles. The van der Waals surface area contributed by atoms with Crippen molar-refractivity contribution in [1.82, 2.24) is 39.5 Å². The second-order valence-corrected chi connectivity index (χ2v) is 11.9. The molecule has 0 saturated heterocycles. The lowest BCUT2D eigenvalue weighted by molar-refractivity contribution is 0.0916. The molecule has 1 aliphatic carbocycles. The molecule has 4 aromatic rings. The number of alkyl halides is 2. The first-order chi connectivity index (χ1) is 19.0. The molecule has 0 aromatic carbocycles. The van der Waals surface area contributed by atoms with Crippen LogP contribution in [0.2, 0.25) is 0 Å². The van der Waals surface area contributed by atoms with E-state index in [2.05, 4.69) is 40.2 Å². The third-order valence-corrected chi connectivity index (χ3v) is 8.46. The van der Waals surface area contributed by atoms with E-state index in [4.69, 9.17) is 0 Å². The topological polar surface area (TPSA) is 158 Å². The Bertz CT molecular complexity index is 1760. The number of halogens is 2. The Labute approximate surface area is 228 Å². The van der Waals surface area contributed by atoms with Crippen molar-refractivity contribution in [2.24, 2.45) is 0 Å². The van der Waals surface area contributed by atoms with Crippen molar-refractivity contribution in [2.75, 3.05) is 11.1 Å². The molecule has 0 bridgehead atoms. The summed E-state index contributed by atoms with van der Waals surface area (Å²) in [6.07, 6.45) is 2.92. The van der Waals surface area contributed by atoms with Crippen molar-refractivity contribution in [3.05, 3.63) is 52.0 Å². The highest BCUT2D eigenvalue weighted by molar-refractivity contribution is 7.91. The number of fused-ring (bicyclic) bond motifs is 1. The first-order valence-electron chi connectivity index (χ1n) is 12.7. The maximum absolute atomic E-state index is 14.0. The van der Waals surface area contributed by atoms with Crippen LogP contribution in [0.1, 0.15) is 61.6 Å². The molecule has 0 aliphatic heterocycles. The molecule has 4 heterocycles. The molecule has 0 spiro atoms. The average Bonchev–Trinajstić information content (AvgIpc) is 3.77. The van der Waals surface area contributed by atoms with Crippen molar-refractivity contribution >= 4 is 26.8 Å². The minimum atomic E-state index is -3.48. The van der Waals surface area contributed by atoms with E-state index in [1.165, 1.54) is 32.6 Å². The third kappa shape index (κ3) is 5.12. The molecule has 1 saturated carbocycles. The maximum Gasteiger partial charge on any atom is 0.295 e. The molecule has 0 radical (unpaired) electrons. The Morgan fingerprint density at radius 3 is 2.38 bits per heavy atom. The van der Waals surface area contributed by atoms with Gasteiger partial charge in [-0.1, -0.05) is 6.92 Å². The van der Waals surface area contributed by atoms with Crippen molar-refractivity contribution in [3.63, 3.8) is 0 Å². The highest BCUT2D eigenvalue weighted by Gasteiger charge is 2.31. The van der Waals surface area contributed by atoms with Crippen LogP contribution in [0.4, 0.5) is 14.6 Å². The van der Waals surface area contributed by atoms with E-state index in [1.807, 2.05) is 0 Å². The molecule has 1 fully saturated rings. The number of rotatable bonds is 9. The summed E-state index contributed by atoms with van der Waals surface area (Å²) in [6, 6.07) is -1.52. The number of aryl methyl sites for hydroxylation is 2. The zero-order valence-corrected chi connectivity index (χ0v) is 23.1. The van der Waals surface area contributed by atoms with Crippen LogP contribution < -0.4 is 10.9 Å². The van der Waals surface area contributed by atoms with Crippen molar-refractivity contribution < 1.29 is 17.2 Å². The van der Waals surface area contributed by atoms with E-state index in [-0.39, 0.29) is 51.7 Å². The van der Waals surface area contributed by atoms with Crippen LogP contribution in [-0.2, 0) is 16.4 Å². The number of hydrogen-bond acceptors (Lipinski definition) is 11. The number of anilines is 1. The number of sulfone groups is 1. The summed E-state index contributed by atoms with van der Waals surface area (Å²) < 4.78 is 52.9. The standard InChI is InChI=1S/C25H27F2N9O3S/c1-5-40(38,39)16-8-28-17(29-9-16)10-30-23-25(37)36(14(4)21(26)27)24-19(34-23)13(3)33-22(35-24)18-12(2)31-11-32-20(18)15-6-7-15/h8-9,11,14-15,21H,5-7,10H2,1-4H3,(H,30,34)/t14-/m0/s1. The minimum absolute atomic E-state index is 0.0248. The van der Waals surface area contributed by atoms with E-state index in [0.29, 0.717) is 17.0 Å². The average molecular weight is 572 g/mol. The van der Waals surface area contributed by atoms with Crippen molar-refractivity contribution in [2.45, 2.75) is 70.4 Å². The zero-order valence-electron chi connectivity index (χ0n) is 22.3. The molecule has 15 heteroatoms. The molecular formula is C25H27F2N9O3S. The predicted molar refractivity (Wildman–Crippen MR) is 142 cm³/mol. The van der Waals surface area contributed by atoms with Crippen LogP contribution in [0.5, 0.6) is 0 Å². The SMILES string of the molecule is CCS(=O)(=O)c1cnc(CNc2nc3c(C)nc(-c4c(C)ncnc4C4CC4)nc3n([C@@H](C)C(F)F)c2=O)nc1. The third-order valence-electron chi connectivity index (χ3n) is 6.77. The van der Waals surface area contributed by atoms with Gasteiger partial charge in [0, 0.05) is 18.3 Å². The van der Waals surface area contributed by atoms with Gasteiger partial charge in [-0.2, -0.15) is 0 Å². The molecule has 12 nitrogen and oxygen atoms in total. The molecule has 1 atom stereocenters. The minimum Gasteiger partial charge on any atom is -0.358 e. The highest BCUT2D eigenvalue weighted by Crippen LogP contribution is 2.43. The second-order valence-electron chi connectivity index (χ2n) is 9.60. The van der Waals surface area contributed by atoms with Gasteiger partial charge in [-0.25, -0.2) is 52.1 Å². The van der Waals surface area contributed by atoms with Gasteiger partial charge >= 0.3 is 0 Å². The lowest BCUT2D eigenvalue weighted by Crippen LogP contribution is -2.31. The van der Waals surface area contributed by atoms with Crippen LogP contribution in [-0.4, -0.2) is 60.1 Å². The lowest BCUT2D eigenvalue weighted by atomic mass is 10.1. The van der Waals surface area contributed by atoms with Crippen molar-refractivity contribution in [1.29, 1.82) is 0 Å². The van der Waals surface area contributed by atoms with E-state index in [0.717, 1.165) is 23.1 Å². The highest BCUT2D eigenvalue weighted by atomic mass is 32.2. The summed E-state index contributed by atoms with van der Waals surface area (Å²) >= 11 is 0. The second kappa shape index (κ2) is 10.5. The summed E-state index contributed by atoms with van der Waals surface area (Å²) in [7, 11) is -3.48. The van der Waals surface area contributed by atoms with Gasteiger partial charge in [-0.05, 0) is 33.6 Å². The van der Waals surface area contributed by atoms with Crippen LogP contribution >= 0.6 is 0 Å². The van der Waals surface area contributed by atoms with Crippen LogP contribution in [0.25, 0.3) is 22.6 Å². The monoisotopic (exact) mass is 571 g/mol. The largest absolute Gasteiger partial charge is 0.358 e. The number of aromatic nitrogens is 8. The summed E-state index contributed by atoms with van der Waals surface area (Å²) in [5.41, 5.74) is 1.80. The fraction of sp³-hybridized carbons (Fsp3) is 0.440. The summed E-state index contributed by atoms with van der Waals surface area (Å²) in [5.74, 6) is 0.365. The van der Waals surface area contributed by atoms with Gasteiger partial charge in [0.1, 0.15) is 22.6 Å². The van der Waals surface area contributed by atoms with Gasteiger partial charge in [-0.15, -0.1) is 0 Å². The van der Waals surface area contributed by atoms with Gasteiger partial charge in [0.15, 0.2) is 27.1 Å². The number of nitrogens with zero attached hydrogens (tertiary/aromatic N) is 8. The van der Waals surface area contributed by atoms with Gasteiger partial charge in [0.25, 0.3) is 12.0 Å². The Hall–Kier alpha value is -4.01. The summed E-state index contributed by atoms with van der Waals surface area (Å²) in [5, 5.41) is 2.80. The smallest absolute Gasteiger partial charge is 0.295 e. The quantitative estimate of drug-likeness (QED) is 0.314. The number of hydrogen-bond donors (Lipinski definition) is 1. The molecule has 210 valence electrons. The molecule has 1 aliphatic rings. The Morgan fingerprint density at radius 2 is 1.75 bits per heavy atom. The van der Waals surface area contributed by atoms with Crippen LogP contribution in [0.15, 0.2) is 28.4 Å². The van der Waals surface area contributed by atoms with Gasteiger partial charge in [0.2, 0.25) is 0 Å². The van der Waals surface area contributed by atoms with Crippen molar-refractivity contribution in [3.8, 4) is 11.4 Å². The molecular weight excluding hydrogens is 544 g/mol. The first-order valence-corrected chi connectivity index (χ1v) is 14.4. The van der Waals surface area contributed by atoms with E-state index < -0.39 is 27.9 Å². The van der Waals surface area contributed by atoms with E-state index >= 15 is 0 Å². The summed E-state index contributed by atoms with van der Waals surface area (Å²) in [6.45, 7) is 6.11. The van der Waals surface area contributed by atoms with E-state index in [1.54, 1.807) is 13.8 Å².